The van der Waals surface area contributed by atoms with Crippen molar-refractivity contribution in [2.75, 3.05) is 0 Å². The number of hydrogen-bond acceptors (Lipinski definition) is 3. The van der Waals surface area contributed by atoms with Crippen LogP contribution in [0.4, 0.5) is 4.39 Å². The van der Waals surface area contributed by atoms with Crippen LogP contribution >= 0.6 is 0 Å². The topological polar surface area (TPSA) is 67.2 Å². The van der Waals surface area contributed by atoms with Gasteiger partial charge < -0.3 is 0 Å². The Hall–Kier alpha value is -2.21. The van der Waals surface area contributed by atoms with Gasteiger partial charge in [-0.05, 0) is 49.8 Å². The van der Waals surface area contributed by atoms with Crippen LogP contribution < -0.4 is 5.48 Å². The van der Waals surface area contributed by atoms with Crippen LogP contribution in [0.15, 0.2) is 24.4 Å². The molecule has 6 heteroatoms. The molecule has 0 atom stereocenters. The van der Waals surface area contributed by atoms with Crippen LogP contribution in [0, 0.1) is 12.7 Å². The third-order valence-corrected chi connectivity index (χ3v) is 5.14. The molecule has 0 saturated heterocycles. The Morgan fingerprint density at radius 1 is 1.32 bits per heavy atom. The average molecular weight is 345 g/mol. The number of aryl methyl sites for hydroxylation is 1. The summed E-state index contributed by atoms with van der Waals surface area (Å²) >= 11 is 0. The molecule has 5 nitrogen and oxygen atoms in total. The molecule has 0 radical (unpaired) electrons. The molecule has 0 bridgehead atoms. The number of aromatic nitrogens is 2. The second-order valence-electron chi connectivity index (χ2n) is 6.74. The lowest BCUT2D eigenvalue weighted by molar-refractivity contribution is -0.128. The Kier molecular flexibility index (Phi) is 5.48. The Bertz CT molecular complexity index is 751. The fourth-order valence-corrected chi connectivity index (χ4v) is 3.70. The first-order valence-electron chi connectivity index (χ1n) is 8.82. The largest absolute Gasteiger partial charge is 0.289 e. The van der Waals surface area contributed by atoms with Crippen molar-refractivity contribution in [2.45, 2.75) is 57.9 Å². The van der Waals surface area contributed by atoms with E-state index in [9.17, 15) is 9.18 Å². The summed E-state index contributed by atoms with van der Waals surface area (Å²) in [5, 5.41) is 13.3. The summed E-state index contributed by atoms with van der Waals surface area (Å²) in [6.07, 6.45) is 7.78. The zero-order valence-corrected chi connectivity index (χ0v) is 14.5. The Morgan fingerprint density at radius 2 is 2.08 bits per heavy atom. The molecule has 1 aromatic heterocycles. The maximum atomic E-state index is 13.8. The lowest BCUT2D eigenvalue weighted by Crippen LogP contribution is -2.21. The number of halogens is 1. The van der Waals surface area contributed by atoms with Crippen LogP contribution in [-0.2, 0) is 24.1 Å². The maximum Gasteiger partial charge on any atom is 0.247 e. The Labute approximate surface area is 146 Å². The minimum Gasteiger partial charge on any atom is -0.289 e. The van der Waals surface area contributed by atoms with Gasteiger partial charge in [0.2, 0.25) is 5.91 Å². The third-order valence-electron chi connectivity index (χ3n) is 5.14. The first-order chi connectivity index (χ1) is 12.1. The predicted octanol–water partition coefficient (Wildman–Crippen LogP) is 3.28. The summed E-state index contributed by atoms with van der Waals surface area (Å²) in [7, 11) is 0. The van der Waals surface area contributed by atoms with Gasteiger partial charge in [0.25, 0.3) is 0 Å². The number of benzene rings is 1. The van der Waals surface area contributed by atoms with E-state index >= 15 is 0 Å². The van der Waals surface area contributed by atoms with Crippen molar-refractivity contribution in [3.05, 3.63) is 52.6 Å². The van der Waals surface area contributed by atoms with Crippen LogP contribution in [0.5, 0.6) is 0 Å². The number of amides is 1. The number of carbonyl (C=O) groups excluding carboxylic acids is 1. The number of nitrogens with one attached hydrogen (secondary N) is 1. The Morgan fingerprint density at radius 3 is 2.80 bits per heavy atom. The molecule has 1 aliphatic rings. The van der Waals surface area contributed by atoms with E-state index < -0.39 is 5.91 Å². The van der Waals surface area contributed by atoms with Crippen LogP contribution in [0.2, 0.25) is 0 Å². The predicted molar refractivity (Wildman–Crippen MR) is 91.9 cm³/mol. The zero-order valence-electron chi connectivity index (χ0n) is 14.5. The molecule has 0 aliphatic heterocycles. The molecule has 1 amide bonds. The van der Waals surface area contributed by atoms with Gasteiger partial charge in [0.05, 0.1) is 18.7 Å². The molecule has 2 aromatic rings. The zero-order chi connectivity index (χ0) is 17.8. The highest BCUT2D eigenvalue weighted by molar-refractivity contribution is 5.77. The molecule has 2 N–H and O–H groups in total. The highest BCUT2D eigenvalue weighted by Crippen LogP contribution is 2.31. The number of nitrogens with zero attached hydrogens (tertiary/aromatic N) is 2. The van der Waals surface area contributed by atoms with E-state index in [4.69, 9.17) is 5.21 Å². The van der Waals surface area contributed by atoms with Crippen molar-refractivity contribution in [1.29, 1.82) is 0 Å². The SMILES string of the molecule is Cc1c(F)cccc1CCc1c(CC(=O)NO)cnn1C1CCCC1. The second kappa shape index (κ2) is 7.78. The van der Waals surface area contributed by atoms with E-state index in [1.165, 1.54) is 18.9 Å². The number of rotatable bonds is 6. The summed E-state index contributed by atoms with van der Waals surface area (Å²) in [5.41, 5.74) is 5.16. The van der Waals surface area contributed by atoms with Crippen molar-refractivity contribution in [1.82, 2.24) is 15.3 Å². The van der Waals surface area contributed by atoms with Gasteiger partial charge in [0, 0.05) is 11.3 Å². The molecule has 0 unspecified atom stereocenters. The van der Waals surface area contributed by atoms with Gasteiger partial charge >= 0.3 is 0 Å². The number of hydroxylamine groups is 1. The standard InChI is InChI=1S/C19H24FN3O2/c1-13-14(5-4-8-17(13)20)9-10-18-15(11-19(24)22-25)12-21-23(18)16-6-2-3-7-16/h4-5,8,12,16,25H,2-3,6-7,9-11H2,1H3,(H,22,24). The van der Waals surface area contributed by atoms with Crippen molar-refractivity contribution in [2.24, 2.45) is 0 Å². The minimum atomic E-state index is -0.450. The van der Waals surface area contributed by atoms with E-state index in [2.05, 4.69) is 5.10 Å². The Balaban J connectivity index is 1.84. The molecule has 0 spiro atoms. The van der Waals surface area contributed by atoms with Gasteiger partial charge in [-0.1, -0.05) is 25.0 Å². The molecule has 1 heterocycles. The summed E-state index contributed by atoms with van der Waals surface area (Å²) in [6.45, 7) is 1.79. The quantitative estimate of drug-likeness (QED) is 0.624. The van der Waals surface area contributed by atoms with Crippen LogP contribution in [0.1, 0.15) is 54.1 Å². The smallest absolute Gasteiger partial charge is 0.247 e. The molecular weight excluding hydrogens is 321 g/mol. The van der Waals surface area contributed by atoms with Gasteiger partial charge in [-0.15, -0.1) is 0 Å². The van der Waals surface area contributed by atoms with E-state index in [1.54, 1.807) is 24.7 Å². The fourth-order valence-electron chi connectivity index (χ4n) is 3.70. The van der Waals surface area contributed by atoms with Gasteiger partial charge in [0.15, 0.2) is 0 Å². The summed E-state index contributed by atoms with van der Waals surface area (Å²) in [5.74, 6) is -0.643. The van der Waals surface area contributed by atoms with Crippen LogP contribution in [-0.4, -0.2) is 20.9 Å². The van der Waals surface area contributed by atoms with Crippen molar-refractivity contribution >= 4 is 5.91 Å². The number of carbonyl (C=O) groups is 1. The minimum absolute atomic E-state index is 0.0979. The van der Waals surface area contributed by atoms with E-state index in [0.717, 1.165) is 29.7 Å². The monoisotopic (exact) mass is 345 g/mol. The van der Waals surface area contributed by atoms with Gasteiger partial charge in [-0.2, -0.15) is 5.10 Å². The van der Waals surface area contributed by atoms with Crippen LogP contribution in [0.25, 0.3) is 0 Å². The maximum absolute atomic E-state index is 13.8. The molecule has 1 saturated carbocycles. The molecule has 3 rings (SSSR count). The lowest BCUT2D eigenvalue weighted by atomic mass is 10.00. The highest BCUT2D eigenvalue weighted by atomic mass is 19.1. The second-order valence-corrected chi connectivity index (χ2v) is 6.74. The molecular formula is C19H24FN3O2. The first-order valence-corrected chi connectivity index (χ1v) is 8.82. The first kappa shape index (κ1) is 17.6. The molecule has 1 fully saturated rings. The lowest BCUT2D eigenvalue weighted by Gasteiger charge is -2.16. The molecule has 1 aromatic carbocycles. The van der Waals surface area contributed by atoms with Gasteiger partial charge in [-0.3, -0.25) is 14.7 Å². The molecule has 134 valence electrons. The summed E-state index contributed by atoms with van der Waals surface area (Å²) in [4.78, 5) is 11.6. The average Bonchev–Trinajstić information content (AvgIpc) is 3.26. The molecule has 1 aliphatic carbocycles. The fraction of sp³-hybridized carbons (Fsp3) is 0.474. The summed E-state index contributed by atoms with van der Waals surface area (Å²) < 4.78 is 15.8. The van der Waals surface area contributed by atoms with Crippen molar-refractivity contribution in [3.63, 3.8) is 0 Å². The summed E-state index contributed by atoms with van der Waals surface area (Å²) in [6, 6.07) is 5.51. The number of hydrogen-bond donors (Lipinski definition) is 2. The third kappa shape index (κ3) is 3.90. The molecule has 25 heavy (non-hydrogen) atoms. The van der Waals surface area contributed by atoms with E-state index in [-0.39, 0.29) is 12.2 Å². The van der Waals surface area contributed by atoms with Crippen molar-refractivity contribution < 1.29 is 14.4 Å². The van der Waals surface area contributed by atoms with Gasteiger partial charge in [-0.25, -0.2) is 9.87 Å². The highest BCUT2D eigenvalue weighted by Gasteiger charge is 2.23. The van der Waals surface area contributed by atoms with E-state index in [0.29, 0.717) is 24.4 Å². The van der Waals surface area contributed by atoms with E-state index in [1.807, 2.05) is 10.7 Å². The normalized spacial score (nSPS) is 14.8. The van der Waals surface area contributed by atoms with Crippen molar-refractivity contribution in [3.8, 4) is 0 Å². The van der Waals surface area contributed by atoms with Crippen LogP contribution in [0.3, 0.4) is 0 Å². The van der Waals surface area contributed by atoms with Gasteiger partial charge in [0.1, 0.15) is 5.82 Å².